The van der Waals surface area contributed by atoms with Crippen LogP contribution in [-0.4, -0.2) is 24.3 Å². The summed E-state index contributed by atoms with van der Waals surface area (Å²) in [6, 6.07) is 8.97. The molecular weight excluding hydrogens is 324 g/mol. The number of esters is 1. The number of benzene rings is 1. The van der Waals surface area contributed by atoms with Gasteiger partial charge in [-0.1, -0.05) is 6.92 Å². The van der Waals surface area contributed by atoms with Crippen LogP contribution < -0.4 is 10.0 Å². The molecule has 0 aliphatic heterocycles. The van der Waals surface area contributed by atoms with Gasteiger partial charge in [0.1, 0.15) is 0 Å². The summed E-state index contributed by atoms with van der Waals surface area (Å²) in [5, 5.41) is 13.6. The predicted molar refractivity (Wildman–Crippen MR) is 90.0 cm³/mol. The van der Waals surface area contributed by atoms with Crippen molar-refractivity contribution in [3.05, 3.63) is 65.1 Å². The highest BCUT2D eigenvalue weighted by Crippen LogP contribution is 2.11. The van der Waals surface area contributed by atoms with Gasteiger partial charge in [0, 0.05) is 29.8 Å². The molecule has 1 aromatic carbocycles. The van der Waals surface area contributed by atoms with Crippen molar-refractivity contribution in [3.63, 3.8) is 0 Å². The Hall–Kier alpha value is -3.22. The Morgan fingerprint density at radius 1 is 1.04 bits per heavy atom. The van der Waals surface area contributed by atoms with Gasteiger partial charge < -0.3 is 15.3 Å². The van der Waals surface area contributed by atoms with Crippen LogP contribution in [0, 0.1) is 5.21 Å². The van der Waals surface area contributed by atoms with E-state index in [4.69, 9.17) is 4.74 Å². The normalized spacial score (nSPS) is 10.1. The molecule has 0 aliphatic carbocycles. The second-order valence-electron chi connectivity index (χ2n) is 5.32. The molecule has 0 saturated carbocycles. The van der Waals surface area contributed by atoms with Gasteiger partial charge >= 0.3 is 5.97 Å². The number of hydrogen-bond acceptors (Lipinski definition) is 5. The van der Waals surface area contributed by atoms with Crippen LogP contribution in [0.15, 0.2) is 48.8 Å². The summed E-state index contributed by atoms with van der Waals surface area (Å²) in [5.74, 6) is -1.13. The van der Waals surface area contributed by atoms with Gasteiger partial charge in [0.25, 0.3) is 0 Å². The van der Waals surface area contributed by atoms with Crippen LogP contribution >= 0.6 is 0 Å². The molecule has 0 radical (unpaired) electrons. The smallest absolute Gasteiger partial charge is 0.339 e. The second kappa shape index (κ2) is 8.58. The van der Waals surface area contributed by atoms with Crippen LogP contribution in [0.3, 0.4) is 0 Å². The monoisotopic (exact) mass is 342 g/mol. The first-order valence-corrected chi connectivity index (χ1v) is 7.78. The number of aromatic nitrogens is 1. The van der Waals surface area contributed by atoms with Crippen LogP contribution in [-0.2, 0) is 9.53 Å². The van der Waals surface area contributed by atoms with Gasteiger partial charge in [0.15, 0.2) is 24.8 Å². The lowest BCUT2D eigenvalue weighted by molar-refractivity contribution is -0.605. The Bertz CT molecular complexity index is 754. The highest BCUT2D eigenvalue weighted by molar-refractivity contribution is 6.00. The molecule has 1 N–H and O–H groups in total. The van der Waals surface area contributed by atoms with Crippen LogP contribution in [0.1, 0.15) is 40.5 Å². The predicted octanol–water partition coefficient (Wildman–Crippen LogP) is 2.10. The number of ketones is 1. The van der Waals surface area contributed by atoms with Gasteiger partial charge in [-0.05, 0) is 30.7 Å². The van der Waals surface area contributed by atoms with Gasteiger partial charge in [0.05, 0.1) is 5.56 Å². The fraction of sp³-hybridized carbons (Fsp3) is 0.222. The van der Waals surface area contributed by atoms with Crippen molar-refractivity contribution < 1.29 is 23.9 Å². The zero-order valence-electron chi connectivity index (χ0n) is 13.7. The third kappa shape index (κ3) is 5.42. The van der Waals surface area contributed by atoms with Gasteiger partial charge in [-0.2, -0.15) is 4.73 Å². The summed E-state index contributed by atoms with van der Waals surface area (Å²) in [7, 11) is 0. The number of nitrogens with zero attached hydrogens (tertiary/aromatic N) is 1. The van der Waals surface area contributed by atoms with E-state index in [1.807, 2.05) is 6.92 Å². The number of ether oxygens (including phenoxy) is 1. The number of Topliss-reactive ketones (excluding diaryl/α,β-unsaturated/α-hetero) is 1. The Morgan fingerprint density at radius 2 is 1.68 bits per heavy atom. The minimum atomic E-state index is -0.683. The Morgan fingerprint density at radius 3 is 2.28 bits per heavy atom. The molecule has 0 unspecified atom stereocenters. The lowest BCUT2D eigenvalue weighted by Gasteiger charge is -2.07. The highest BCUT2D eigenvalue weighted by atomic mass is 16.5. The summed E-state index contributed by atoms with van der Waals surface area (Å²) in [4.78, 5) is 35.4. The van der Waals surface area contributed by atoms with Gasteiger partial charge in [-0.15, -0.1) is 0 Å². The molecule has 0 aliphatic rings. The fourth-order valence-corrected chi connectivity index (χ4v) is 2.04. The van der Waals surface area contributed by atoms with Crippen molar-refractivity contribution in [1.82, 2.24) is 0 Å². The number of rotatable bonds is 7. The SMILES string of the molecule is CCCC(=O)Nc1ccc(C(=O)COC(=O)c2cc[n+]([O-])cc2)cc1. The van der Waals surface area contributed by atoms with Gasteiger partial charge in [-0.3, -0.25) is 9.59 Å². The molecule has 2 aromatic rings. The van der Waals surface area contributed by atoms with Crippen molar-refractivity contribution in [3.8, 4) is 0 Å². The molecule has 7 nitrogen and oxygen atoms in total. The highest BCUT2D eigenvalue weighted by Gasteiger charge is 2.13. The quantitative estimate of drug-likeness (QED) is 0.359. The molecule has 0 saturated heterocycles. The molecule has 0 atom stereocenters. The molecule has 7 heteroatoms. The molecule has 0 spiro atoms. The standard InChI is InChI=1S/C18H18N2O5/c1-2-3-17(22)19-15-6-4-13(5-7-15)16(21)12-25-18(23)14-8-10-20(24)11-9-14/h4-11H,2-3,12H2,1H3,(H,19,22). The van der Waals surface area contributed by atoms with E-state index in [0.717, 1.165) is 6.42 Å². The summed E-state index contributed by atoms with van der Waals surface area (Å²) in [6.45, 7) is 1.50. The second-order valence-corrected chi connectivity index (χ2v) is 5.32. The first kappa shape index (κ1) is 18.1. The number of amides is 1. The molecule has 2 rings (SSSR count). The van der Waals surface area contributed by atoms with Crippen molar-refractivity contribution in [2.75, 3.05) is 11.9 Å². The largest absolute Gasteiger partial charge is 0.619 e. The Kier molecular flexibility index (Phi) is 6.22. The zero-order chi connectivity index (χ0) is 18.2. The van der Waals surface area contributed by atoms with E-state index in [1.54, 1.807) is 24.3 Å². The average molecular weight is 342 g/mol. The molecule has 25 heavy (non-hydrogen) atoms. The molecule has 1 aromatic heterocycles. The number of carbonyl (C=O) groups excluding carboxylic acids is 3. The maximum absolute atomic E-state index is 12.1. The average Bonchev–Trinajstić information content (AvgIpc) is 2.61. The summed E-state index contributed by atoms with van der Waals surface area (Å²) < 4.78 is 5.49. The first-order chi connectivity index (χ1) is 12.0. The van der Waals surface area contributed by atoms with E-state index in [9.17, 15) is 19.6 Å². The topological polar surface area (TPSA) is 99.4 Å². The minimum Gasteiger partial charge on any atom is -0.619 e. The molecule has 1 amide bonds. The third-order valence-electron chi connectivity index (χ3n) is 3.34. The van der Waals surface area contributed by atoms with Crippen molar-refractivity contribution in [1.29, 1.82) is 0 Å². The van der Waals surface area contributed by atoms with E-state index in [-0.39, 0.29) is 17.3 Å². The lowest BCUT2D eigenvalue weighted by atomic mass is 10.1. The van der Waals surface area contributed by atoms with E-state index < -0.39 is 12.6 Å². The summed E-state index contributed by atoms with van der Waals surface area (Å²) in [6.07, 6.45) is 3.53. The van der Waals surface area contributed by atoms with Crippen LogP contribution in [0.4, 0.5) is 5.69 Å². The van der Waals surface area contributed by atoms with Crippen molar-refractivity contribution in [2.24, 2.45) is 0 Å². The van der Waals surface area contributed by atoms with E-state index in [1.165, 1.54) is 24.5 Å². The van der Waals surface area contributed by atoms with E-state index >= 15 is 0 Å². The number of anilines is 1. The molecule has 0 fully saturated rings. The van der Waals surface area contributed by atoms with Crippen molar-refractivity contribution >= 4 is 23.3 Å². The summed E-state index contributed by atoms with van der Waals surface area (Å²) in [5.41, 5.74) is 1.16. The fourth-order valence-electron chi connectivity index (χ4n) is 2.04. The summed E-state index contributed by atoms with van der Waals surface area (Å²) >= 11 is 0. The Labute approximate surface area is 144 Å². The number of pyridine rings is 1. The Balaban J connectivity index is 1.89. The van der Waals surface area contributed by atoms with Crippen LogP contribution in [0.2, 0.25) is 0 Å². The van der Waals surface area contributed by atoms with Crippen LogP contribution in [0.5, 0.6) is 0 Å². The maximum atomic E-state index is 12.1. The zero-order valence-corrected chi connectivity index (χ0v) is 13.7. The molecular formula is C18H18N2O5. The minimum absolute atomic E-state index is 0.0854. The first-order valence-electron chi connectivity index (χ1n) is 7.78. The molecule has 130 valence electrons. The van der Waals surface area contributed by atoms with Gasteiger partial charge in [0.2, 0.25) is 5.91 Å². The van der Waals surface area contributed by atoms with Crippen molar-refractivity contribution in [2.45, 2.75) is 19.8 Å². The van der Waals surface area contributed by atoms with E-state index in [0.29, 0.717) is 22.4 Å². The number of hydrogen-bond donors (Lipinski definition) is 1. The van der Waals surface area contributed by atoms with Crippen LogP contribution in [0.25, 0.3) is 0 Å². The van der Waals surface area contributed by atoms with E-state index in [2.05, 4.69) is 5.32 Å². The maximum Gasteiger partial charge on any atom is 0.339 e. The lowest BCUT2D eigenvalue weighted by Crippen LogP contribution is -2.24. The van der Waals surface area contributed by atoms with Gasteiger partial charge in [-0.25, -0.2) is 4.79 Å². The molecule has 1 heterocycles. The molecule has 0 bridgehead atoms. The number of carbonyl (C=O) groups is 3. The number of nitrogens with one attached hydrogen (secondary N) is 1. The third-order valence-corrected chi connectivity index (χ3v) is 3.34.